The monoisotopic (exact) mass is 303 g/mol. The Bertz CT molecular complexity index is 627. The Morgan fingerprint density at radius 2 is 2.05 bits per heavy atom. The summed E-state index contributed by atoms with van der Waals surface area (Å²) in [6.07, 6.45) is 3.41. The highest BCUT2D eigenvalue weighted by atomic mass is 32.1. The van der Waals surface area contributed by atoms with Crippen LogP contribution in [0.2, 0.25) is 0 Å². The van der Waals surface area contributed by atoms with Crippen molar-refractivity contribution >= 4 is 11.3 Å². The summed E-state index contributed by atoms with van der Waals surface area (Å²) in [6, 6.07) is 8.46. The summed E-state index contributed by atoms with van der Waals surface area (Å²) in [7, 11) is 0. The Balaban J connectivity index is 1.39. The van der Waals surface area contributed by atoms with Crippen LogP contribution in [0.5, 0.6) is 11.5 Å². The summed E-state index contributed by atoms with van der Waals surface area (Å²) in [4.78, 5) is 0. The molecule has 0 spiro atoms. The summed E-state index contributed by atoms with van der Waals surface area (Å²) in [5.41, 5.74) is 0. The average molecular weight is 303 g/mol. The number of nitrogens with zero attached hydrogens (tertiary/aromatic N) is 2. The molecule has 1 aliphatic heterocycles. The third-order valence-corrected chi connectivity index (χ3v) is 4.69. The third-order valence-electron chi connectivity index (χ3n) is 3.62. The van der Waals surface area contributed by atoms with Gasteiger partial charge in [0.05, 0.1) is 0 Å². The quantitative estimate of drug-likeness (QED) is 0.919. The number of nitrogens with one attached hydrogen (secondary N) is 1. The zero-order chi connectivity index (χ0) is 14.1. The molecule has 1 unspecified atom stereocenters. The third kappa shape index (κ3) is 3.01. The van der Waals surface area contributed by atoms with Gasteiger partial charge < -0.3 is 14.8 Å². The fraction of sp³-hybridized carbons (Fsp3) is 0.467. The van der Waals surface area contributed by atoms with E-state index in [1.54, 1.807) is 11.3 Å². The molecule has 1 aromatic carbocycles. The second-order valence-corrected chi connectivity index (χ2v) is 6.47. The Morgan fingerprint density at radius 3 is 2.90 bits per heavy atom. The maximum atomic E-state index is 5.95. The van der Waals surface area contributed by atoms with Gasteiger partial charge in [-0.3, -0.25) is 0 Å². The predicted octanol–water partition coefficient (Wildman–Crippen LogP) is 2.35. The Hall–Kier alpha value is -1.66. The van der Waals surface area contributed by atoms with Crippen molar-refractivity contribution in [3.05, 3.63) is 34.3 Å². The smallest absolute Gasteiger partial charge is 0.186 e. The number of aromatic nitrogens is 2. The molecule has 2 heterocycles. The van der Waals surface area contributed by atoms with Crippen LogP contribution in [0, 0.1) is 0 Å². The maximum absolute atomic E-state index is 5.95. The van der Waals surface area contributed by atoms with E-state index in [9.17, 15) is 0 Å². The van der Waals surface area contributed by atoms with E-state index in [0.29, 0.717) is 6.61 Å². The summed E-state index contributed by atoms with van der Waals surface area (Å²) in [5.74, 6) is 1.58. The molecule has 110 valence electrons. The largest absolute Gasteiger partial charge is 0.485 e. The van der Waals surface area contributed by atoms with Gasteiger partial charge in [0.15, 0.2) is 22.6 Å². The number of para-hydroxylation sites is 2. The Morgan fingerprint density at radius 1 is 1.19 bits per heavy atom. The molecule has 1 atom stereocenters. The van der Waals surface area contributed by atoms with Crippen LogP contribution in [0.3, 0.4) is 0 Å². The highest BCUT2D eigenvalue weighted by molar-refractivity contribution is 7.11. The van der Waals surface area contributed by atoms with Gasteiger partial charge in [0.25, 0.3) is 0 Å². The molecule has 2 aliphatic rings. The number of benzene rings is 1. The zero-order valence-electron chi connectivity index (χ0n) is 11.6. The minimum absolute atomic E-state index is 0.150. The van der Waals surface area contributed by atoms with Crippen molar-refractivity contribution in [1.82, 2.24) is 15.5 Å². The lowest BCUT2D eigenvalue weighted by Gasteiger charge is -2.24. The highest BCUT2D eigenvalue weighted by Crippen LogP contribution is 2.36. The van der Waals surface area contributed by atoms with Crippen molar-refractivity contribution in [3.8, 4) is 11.5 Å². The predicted molar refractivity (Wildman–Crippen MR) is 79.9 cm³/mol. The van der Waals surface area contributed by atoms with Crippen molar-refractivity contribution < 1.29 is 9.47 Å². The molecule has 0 amide bonds. The van der Waals surface area contributed by atoms with Gasteiger partial charge >= 0.3 is 0 Å². The molecular weight excluding hydrogens is 286 g/mol. The molecule has 2 aromatic rings. The van der Waals surface area contributed by atoms with Crippen LogP contribution in [0.25, 0.3) is 0 Å². The molecule has 1 aliphatic carbocycles. The minimum Gasteiger partial charge on any atom is -0.485 e. The van der Waals surface area contributed by atoms with E-state index < -0.39 is 0 Å². The van der Waals surface area contributed by atoms with Gasteiger partial charge in [-0.25, -0.2) is 0 Å². The van der Waals surface area contributed by atoms with Gasteiger partial charge in [0, 0.05) is 19.0 Å². The van der Waals surface area contributed by atoms with Crippen molar-refractivity contribution in [2.24, 2.45) is 0 Å². The van der Waals surface area contributed by atoms with E-state index in [2.05, 4.69) is 15.5 Å². The highest BCUT2D eigenvalue weighted by Gasteiger charge is 2.26. The van der Waals surface area contributed by atoms with Crippen LogP contribution in [0.15, 0.2) is 24.3 Å². The topological polar surface area (TPSA) is 56.3 Å². The fourth-order valence-electron chi connectivity index (χ4n) is 2.31. The number of hydrogen-bond acceptors (Lipinski definition) is 6. The number of hydrogen-bond donors (Lipinski definition) is 1. The molecule has 0 bridgehead atoms. The SMILES string of the molecule is c1ccc2c(c1)OCC(c1nnc(CCNC3CC3)s1)O2. The van der Waals surface area contributed by atoms with Gasteiger partial charge in [0.1, 0.15) is 11.6 Å². The van der Waals surface area contributed by atoms with Crippen molar-refractivity contribution in [2.75, 3.05) is 13.2 Å². The first-order valence-electron chi connectivity index (χ1n) is 7.32. The van der Waals surface area contributed by atoms with E-state index >= 15 is 0 Å². The standard InChI is InChI=1S/C15H17N3O2S/c1-2-4-12-11(3-1)19-9-13(20-12)15-18-17-14(21-15)7-8-16-10-5-6-10/h1-4,10,13,16H,5-9H2. The van der Waals surface area contributed by atoms with Crippen LogP contribution in [0.1, 0.15) is 29.0 Å². The molecule has 0 radical (unpaired) electrons. The molecule has 0 saturated heterocycles. The zero-order valence-corrected chi connectivity index (χ0v) is 12.4. The maximum Gasteiger partial charge on any atom is 0.186 e. The Kier molecular flexibility index (Phi) is 3.48. The lowest BCUT2D eigenvalue weighted by atomic mass is 10.3. The molecular formula is C15H17N3O2S. The molecule has 1 aromatic heterocycles. The average Bonchev–Trinajstić information content (AvgIpc) is 3.23. The van der Waals surface area contributed by atoms with Crippen LogP contribution < -0.4 is 14.8 Å². The van der Waals surface area contributed by atoms with E-state index in [0.717, 1.165) is 40.5 Å². The molecule has 1 fully saturated rings. The first-order valence-corrected chi connectivity index (χ1v) is 8.14. The van der Waals surface area contributed by atoms with Gasteiger partial charge in [-0.15, -0.1) is 10.2 Å². The summed E-state index contributed by atoms with van der Waals surface area (Å²) >= 11 is 1.62. The van der Waals surface area contributed by atoms with Crippen molar-refractivity contribution in [2.45, 2.75) is 31.4 Å². The van der Waals surface area contributed by atoms with E-state index in [1.165, 1.54) is 12.8 Å². The van der Waals surface area contributed by atoms with E-state index in [4.69, 9.17) is 9.47 Å². The van der Waals surface area contributed by atoms with Gasteiger partial charge in [-0.05, 0) is 25.0 Å². The molecule has 1 N–H and O–H groups in total. The van der Waals surface area contributed by atoms with E-state index in [-0.39, 0.29) is 6.10 Å². The van der Waals surface area contributed by atoms with Crippen LogP contribution in [0.4, 0.5) is 0 Å². The van der Waals surface area contributed by atoms with Crippen LogP contribution >= 0.6 is 11.3 Å². The van der Waals surface area contributed by atoms with E-state index in [1.807, 2.05) is 24.3 Å². The number of fused-ring (bicyclic) bond motifs is 1. The minimum atomic E-state index is -0.150. The normalized spacial score (nSPS) is 20.5. The van der Waals surface area contributed by atoms with Crippen LogP contribution in [-0.4, -0.2) is 29.4 Å². The summed E-state index contributed by atoms with van der Waals surface area (Å²) < 4.78 is 11.7. The first kappa shape index (κ1) is 13.0. The first-order chi connectivity index (χ1) is 10.4. The number of rotatable bonds is 5. The second kappa shape index (κ2) is 5.61. The van der Waals surface area contributed by atoms with Crippen molar-refractivity contribution in [1.29, 1.82) is 0 Å². The lowest BCUT2D eigenvalue weighted by Crippen LogP contribution is -2.21. The second-order valence-electron chi connectivity index (χ2n) is 5.38. The lowest BCUT2D eigenvalue weighted by molar-refractivity contribution is 0.0906. The molecule has 1 saturated carbocycles. The van der Waals surface area contributed by atoms with Gasteiger partial charge in [-0.1, -0.05) is 23.5 Å². The van der Waals surface area contributed by atoms with Crippen LogP contribution in [-0.2, 0) is 6.42 Å². The molecule has 6 heteroatoms. The molecule has 4 rings (SSSR count). The summed E-state index contributed by atoms with van der Waals surface area (Å²) in [5, 5.41) is 14.0. The number of ether oxygens (including phenoxy) is 2. The van der Waals surface area contributed by atoms with Gasteiger partial charge in [-0.2, -0.15) is 0 Å². The molecule has 21 heavy (non-hydrogen) atoms. The molecule has 5 nitrogen and oxygen atoms in total. The van der Waals surface area contributed by atoms with Gasteiger partial charge in [0.2, 0.25) is 0 Å². The van der Waals surface area contributed by atoms with Crippen molar-refractivity contribution in [3.63, 3.8) is 0 Å². The Labute approximate surface area is 127 Å². The fourth-order valence-corrected chi connectivity index (χ4v) is 3.17. The summed E-state index contributed by atoms with van der Waals surface area (Å²) in [6.45, 7) is 1.47.